The second-order valence-corrected chi connectivity index (χ2v) is 10.1. The van der Waals surface area contributed by atoms with Crippen molar-refractivity contribution in [2.45, 2.75) is 4.90 Å². The molecule has 0 fully saturated rings. The number of carbonyl (C=O) groups is 1. The number of non-ortho nitro benzene ring substituents is 1. The molecule has 0 heterocycles. The van der Waals surface area contributed by atoms with Crippen molar-refractivity contribution >= 4 is 60.2 Å². The number of nitrogens with zero attached hydrogens (tertiary/aromatic N) is 2. The number of nitriles is 1. The zero-order valence-electron chi connectivity index (χ0n) is 18.8. The van der Waals surface area contributed by atoms with Crippen molar-refractivity contribution in [1.82, 2.24) is 0 Å². The summed E-state index contributed by atoms with van der Waals surface area (Å²) in [6.45, 7) is 0. The minimum atomic E-state index is -4.36. The molecular weight excluding hydrogens is 562 g/mol. The lowest BCUT2D eigenvalue weighted by molar-refractivity contribution is -0.385. The van der Waals surface area contributed by atoms with Gasteiger partial charge in [0.05, 0.1) is 9.40 Å². The van der Waals surface area contributed by atoms with Crippen molar-refractivity contribution in [3.05, 3.63) is 111 Å². The van der Waals surface area contributed by atoms with Crippen LogP contribution in [0.1, 0.15) is 5.56 Å². The van der Waals surface area contributed by atoms with E-state index in [0.717, 1.165) is 16.8 Å². The number of nitro groups is 1. The molecule has 1 N–H and O–H groups in total. The molecule has 0 atom stereocenters. The Morgan fingerprint density at radius 1 is 1.00 bits per heavy atom. The number of anilines is 1. The van der Waals surface area contributed by atoms with E-state index in [1.54, 1.807) is 12.1 Å². The quantitative estimate of drug-likeness (QED) is 0.0958. The normalized spacial score (nSPS) is 11.5. The molecule has 0 aliphatic rings. The molecule has 0 radical (unpaired) electrons. The summed E-state index contributed by atoms with van der Waals surface area (Å²) in [5.74, 6) is -0.690. The number of carbonyl (C=O) groups excluding carboxylic acids is 1. The lowest BCUT2D eigenvalue weighted by Gasteiger charge is -2.09. The molecule has 0 aliphatic heterocycles. The van der Waals surface area contributed by atoms with Crippen LogP contribution in [0.3, 0.4) is 0 Å². The molecular formula is C26H16BrN3O6S. The SMILES string of the molecule is N#C/C(=C\c1ccc(OS(=O)(=O)c2cccc([N+](=O)[O-])c2)c(Br)c1)C(=O)Nc1ccc2ccccc2c1. The Morgan fingerprint density at radius 3 is 2.46 bits per heavy atom. The van der Waals surface area contributed by atoms with E-state index in [0.29, 0.717) is 11.3 Å². The largest absolute Gasteiger partial charge is 0.378 e. The third-order valence-electron chi connectivity index (χ3n) is 5.16. The zero-order valence-corrected chi connectivity index (χ0v) is 21.2. The van der Waals surface area contributed by atoms with Crippen LogP contribution in [0.4, 0.5) is 11.4 Å². The highest BCUT2D eigenvalue weighted by Gasteiger charge is 2.21. The topological polar surface area (TPSA) is 139 Å². The van der Waals surface area contributed by atoms with Gasteiger partial charge in [-0.3, -0.25) is 14.9 Å². The summed E-state index contributed by atoms with van der Waals surface area (Å²) >= 11 is 3.23. The molecule has 1 amide bonds. The molecule has 11 heteroatoms. The van der Waals surface area contributed by atoms with Crippen molar-refractivity contribution in [2.24, 2.45) is 0 Å². The van der Waals surface area contributed by atoms with Gasteiger partial charge in [0.25, 0.3) is 11.6 Å². The number of benzene rings is 4. The first-order valence-electron chi connectivity index (χ1n) is 10.6. The summed E-state index contributed by atoms with van der Waals surface area (Å²) in [6, 6.07) is 23.7. The van der Waals surface area contributed by atoms with Crippen molar-refractivity contribution in [3.63, 3.8) is 0 Å². The van der Waals surface area contributed by atoms with Gasteiger partial charge in [-0.05, 0) is 68.7 Å². The molecule has 9 nitrogen and oxygen atoms in total. The fourth-order valence-electron chi connectivity index (χ4n) is 3.37. The zero-order chi connectivity index (χ0) is 26.6. The average Bonchev–Trinajstić information content (AvgIpc) is 2.88. The van der Waals surface area contributed by atoms with Gasteiger partial charge >= 0.3 is 10.1 Å². The van der Waals surface area contributed by atoms with Crippen LogP contribution < -0.4 is 9.50 Å². The summed E-state index contributed by atoms with van der Waals surface area (Å²) in [7, 11) is -4.36. The van der Waals surface area contributed by atoms with Gasteiger partial charge in [0, 0.05) is 17.8 Å². The molecule has 0 unspecified atom stereocenters. The van der Waals surface area contributed by atoms with E-state index in [1.807, 2.05) is 36.4 Å². The van der Waals surface area contributed by atoms with Crippen LogP contribution in [0.5, 0.6) is 5.75 Å². The first-order valence-corrected chi connectivity index (χ1v) is 12.8. The maximum atomic E-state index is 12.7. The maximum Gasteiger partial charge on any atom is 0.339 e. The van der Waals surface area contributed by atoms with Gasteiger partial charge in [-0.1, -0.05) is 42.5 Å². The number of hydrogen-bond acceptors (Lipinski definition) is 7. The van der Waals surface area contributed by atoms with E-state index >= 15 is 0 Å². The molecule has 4 aromatic rings. The maximum absolute atomic E-state index is 12.7. The second kappa shape index (κ2) is 10.6. The number of halogens is 1. The Morgan fingerprint density at radius 2 is 1.76 bits per heavy atom. The van der Waals surface area contributed by atoms with E-state index in [9.17, 15) is 28.6 Å². The van der Waals surface area contributed by atoms with Gasteiger partial charge in [0.1, 0.15) is 16.5 Å². The van der Waals surface area contributed by atoms with Crippen LogP contribution in [-0.2, 0) is 14.9 Å². The van der Waals surface area contributed by atoms with E-state index in [4.69, 9.17) is 4.18 Å². The third kappa shape index (κ3) is 6.00. The fourth-order valence-corrected chi connectivity index (χ4v) is 4.95. The summed E-state index contributed by atoms with van der Waals surface area (Å²) in [4.78, 5) is 22.6. The minimum Gasteiger partial charge on any atom is -0.378 e. The molecule has 0 saturated carbocycles. The summed E-state index contributed by atoms with van der Waals surface area (Å²) in [6.07, 6.45) is 1.35. The van der Waals surface area contributed by atoms with Gasteiger partial charge in [-0.2, -0.15) is 13.7 Å². The highest BCUT2D eigenvalue weighted by molar-refractivity contribution is 9.10. The Hall–Kier alpha value is -4.53. The van der Waals surface area contributed by atoms with Crippen LogP contribution in [-0.4, -0.2) is 19.2 Å². The van der Waals surface area contributed by atoms with Gasteiger partial charge in [0.15, 0.2) is 5.75 Å². The predicted molar refractivity (Wildman–Crippen MR) is 141 cm³/mol. The number of nitro benzene ring substituents is 1. The molecule has 0 aliphatic carbocycles. The predicted octanol–water partition coefficient (Wildman–Crippen LogP) is 5.82. The Bertz CT molecular complexity index is 1730. The highest BCUT2D eigenvalue weighted by atomic mass is 79.9. The first-order chi connectivity index (χ1) is 17.7. The number of fused-ring (bicyclic) bond motifs is 1. The summed E-state index contributed by atoms with van der Waals surface area (Å²) in [5.41, 5.74) is 0.395. The number of nitrogens with one attached hydrogen (secondary N) is 1. The van der Waals surface area contributed by atoms with Gasteiger partial charge in [0.2, 0.25) is 0 Å². The standard InChI is InChI=1S/C26H16BrN3O6S/c27-24-13-17(8-11-25(24)36-37(34,35)23-7-3-6-22(15-23)30(32)33)12-20(16-28)26(31)29-21-10-9-18-4-1-2-5-19(18)14-21/h1-15H,(H,29,31)/b20-12+. The minimum absolute atomic E-state index is 0.0808. The molecule has 184 valence electrons. The van der Waals surface area contributed by atoms with E-state index < -0.39 is 26.6 Å². The van der Waals surface area contributed by atoms with E-state index in [-0.39, 0.29) is 20.7 Å². The molecule has 0 bridgehead atoms. The van der Waals surface area contributed by atoms with Gasteiger partial charge in [-0.25, -0.2) is 0 Å². The van der Waals surface area contributed by atoms with Crippen molar-refractivity contribution in [3.8, 4) is 11.8 Å². The summed E-state index contributed by atoms with van der Waals surface area (Å²) in [5, 5.41) is 25.1. The Balaban J connectivity index is 1.53. The average molecular weight is 578 g/mol. The summed E-state index contributed by atoms with van der Waals surface area (Å²) < 4.78 is 30.6. The van der Waals surface area contributed by atoms with Gasteiger partial charge < -0.3 is 9.50 Å². The number of hydrogen-bond donors (Lipinski definition) is 1. The van der Waals surface area contributed by atoms with Crippen LogP contribution in [0, 0.1) is 21.4 Å². The molecule has 0 spiro atoms. The second-order valence-electron chi connectivity index (χ2n) is 7.67. The Kier molecular flexibility index (Phi) is 7.33. The Labute approximate surface area is 220 Å². The van der Waals surface area contributed by atoms with Crippen molar-refractivity contribution < 1.29 is 22.3 Å². The smallest absolute Gasteiger partial charge is 0.339 e. The molecule has 4 rings (SSSR count). The molecule has 4 aromatic carbocycles. The first kappa shape index (κ1) is 25.6. The number of rotatable bonds is 7. The molecule has 0 aromatic heterocycles. The number of amides is 1. The van der Waals surface area contributed by atoms with Crippen molar-refractivity contribution in [1.29, 1.82) is 5.26 Å². The monoisotopic (exact) mass is 577 g/mol. The lowest BCUT2D eigenvalue weighted by atomic mass is 10.1. The lowest BCUT2D eigenvalue weighted by Crippen LogP contribution is -2.13. The van der Waals surface area contributed by atoms with Gasteiger partial charge in [-0.15, -0.1) is 0 Å². The van der Waals surface area contributed by atoms with Crippen LogP contribution in [0.25, 0.3) is 16.8 Å². The van der Waals surface area contributed by atoms with Crippen LogP contribution in [0.2, 0.25) is 0 Å². The molecule has 0 saturated heterocycles. The van der Waals surface area contributed by atoms with E-state index in [2.05, 4.69) is 21.2 Å². The highest BCUT2D eigenvalue weighted by Crippen LogP contribution is 2.30. The van der Waals surface area contributed by atoms with Crippen LogP contribution in [0.15, 0.2) is 99.9 Å². The fraction of sp³-hybridized carbons (Fsp3) is 0. The van der Waals surface area contributed by atoms with Crippen LogP contribution >= 0.6 is 15.9 Å². The van der Waals surface area contributed by atoms with E-state index in [1.165, 1.54) is 42.5 Å². The van der Waals surface area contributed by atoms with Crippen molar-refractivity contribution in [2.75, 3.05) is 5.32 Å². The third-order valence-corrected chi connectivity index (χ3v) is 7.01. The molecule has 37 heavy (non-hydrogen) atoms.